The molecule has 0 aliphatic carbocycles. The maximum absolute atomic E-state index is 12.4. The van der Waals surface area contributed by atoms with Crippen molar-refractivity contribution in [3.8, 4) is 11.5 Å². The van der Waals surface area contributed by atoms with E-state index in [0.29, 0.717) is 18.0 Å². The van der Waals surface area contributed by atoms with Gasteiger partial charge in [0.25, 0.3) is 0 Å². The van der Waals surface area contributed by atoms with E-state index in [9.17, 15) is 13.2 Å². The number of ether oxygens (including phenoxy) is 2. The molecule has 0 radical (unpaired) electrons. The van der Waals surface area contributed by atoms with Crippen molar-refractivity contribution in [2.45, 2.75) is 30.2 Å². The summed E-state index contributed by atoms with van der Waals surface area (Å²) in [5.41, 5.74) is 0. The lowest BCUT2D eigenvalue weighted by Gasteiger charge is -2.12. The Labute approximate surface area is 142 Å². The number of carbonyl (C=O) groups excluding carboxylic acids is 1. The Bertz CT molecular complexity index is 669. The van der Waals surface area contributed by atoms with Gasteiger partial charge in [-0.1, -0.05) is 0 Å². The molecule has 0 aromatic heterocycles. The lowest BCUT2D eigenvalue weighted by atomic mass is 10.2. The van der Waals surface area contributed by atoms with Crippen LogP contribution >= 0.6 is 0 Å². The fourth-order valence-electron chi connectivity index (χ4n) is 2.61. The highest BCUT2D eigenvalue weighted by molar-refractivity contribution is 7.91. The molecule has 8 heteroatoms. The number of hydrogen-bond acceptors (Lipinski definition) is 6. The van der Waals surface area contributed by atoms with Crippen LogP contribution in [0.15, 0.2) is 23.1 Å². The van der Waals surface area contributed by atoms with E-state index in [1.807, 2.05) is 0 Å². The summed E-state index contributed by atoms with van der Waals surface area (Å²) >= 11 is 0. The van der Waals surface area contributed by atoms with Crippen LogP contribution in [0.2, 0.25) is 0 Å². The Morgan fingerprint density at radius 2 is 2.04 bits per heavy atom. The molecular formula is C16H24N2O5S. The van der Waals surface area contributed by atoms with E-state index in [0.717, 1.165) is 19.4 Å². The molecule has 0 bridgehead atoms. The van der Waals surface area contributed by atoms with Crippen molar-refractivity contribution >= 4 is 15.7 Å². The highest BCUT2D eigenvalue weighted by atomic mass is 32.2. The van der Waals surface area contributed by atoms with Crippen LogP contribution in [0.3, 0.4) is 0 Å². The first kappa shape index (κ1) is 18.5. The van der Waals surface area contributed by atoms with Gasteiger partial charge in [-0.05, 0) is 31.5 Å². The second-order valence-electron chi connectivity index (χ2n) is 5.68. The summed E-state index contributed by atoms with van der Waals surface area (Å²) in [5.74, 6) is 0.299. The Morgan fingerprint density at radius 3 is 2.67 bits per heavy atom. The van der Waals surface area contributed by atoms with E-state index >= 15 is 0 Å². The van der Waals surface area contributed by atoms with Crippen molar-refractivity contribution in [2.75, 3.05) is 33.1 Å². The fourth-order valence-corrected chi connectivity index (χ4v) is 3.86. The third kappa shape index (κ3) is 4.85. The summed E-state index contributed by atoms with van der Waals surface area (Å²) < 4.78 is 35.0. The van der Waals surface area contributed by atoms with Gasteiger partial charge < -0.3 is 20.1 Å². The number of methoxy groups -OCH3 is 2. The summed E-state index contributed by atoms with van der Waals surface area (Å²) in [7, 11) is -0.637. The Hall–Kier alpha value is -1.80. The van der Waals surface area contributed by atoms with Gasteiger partial charge in [-0.3, -0.25) is 4.79 Å². The highest BCUT2D eigenvalue weighted by Gasteiger charge is 2.20. The maximum Gasteiger partial charge on any atom is 0.221 e. The molecule has 24 heavy (non-hydrogen) atoms. The molecule has 0 saturated carbocycles. The first-order valence-corrected chi connectivity index (χ1v) is 9.56. The summed E-state index contributed by atoms with van der Waals surface area (Å²) in [6, 6.07) is 4.69. The lowest BCUT2D eigenvalue weighted by molar-refractivity contribution is -0.120. The molecule has 2 N–H and O–H groups in total. The molecule has 7 nitrogen and oxygen atoms in total. The molecule has 1 saturated heterocycles. The molecule has 134 valence electrons. The molecule has 1 aromatic rings. The summed E-state index contributed by atoms with van der Waals surface area (Å²) in [4.78, 5) is 12.0. The van der Waals surface area contributed by atoms with E-state index in [1.54, 1.807) is 0 Å². The zero-order valence-electron chi connectivity index (χ0n) is 14.0. The highest BCUT2D eigenvalue weighted by Crippen LogP contribution is 2.29. The van der Waals surface area contributed by atoms with E-state index in [4.69, 9.17) is 9.47 Å². The number of rotatable bonds is 8. The van der Waals surface area contributed by atoms with Crippen molar-refractivity contribution in [3.63, 3.8) is 0 Å². The van der Waals surface area contributed by atoms with Gasteiger partial charge >= 0.3 is 0 Å². The standard InChI is InChI=1S/C16H24N2O5S/c1-22-14-6-5-13(10-15(14)23-2)24(20,21)9-7-16(19)18-11-12-4-3-8-17-12/h5-6,10,12,17H,3-4,7-9,11H2,1-2H3,(H,18,19). The van der Waals surface area contributed by atoms with Crippen molar-refractivity contribution in [1.82, 2.24) is 10.6 Å². The minimum Gasteiger partial charge on any atom is -0.493 e. The van der Waals surface area contributed by atoms with Crippen LogP contribution in [-0.4, -0.2) is 53.4 Å². The van der Waals surface area contributed by atoms with Crippen LogP contribution in [0.4, 0.5) is 0 Å². The summed E-state index contributed by atoms with van der Waals surface area (Å²) in [6.45, 7) is 1.50. The normalized spacial score (nSPS) is 17.5. The summed E-state index contributed by atoms with van der Waals surface area (Å²) in [6.07, 6.45) is 2.07. The van der Waals surface area contributed by atoms with Crippen LogP contribution < -0.4 is 20.1 Å². The van der Waals surface area contributed by atoms with Crippen LogP contribution in [0.5, 0.6) is 11.5 Å². The predicted molar refractivity (Wildman–Crippen MR) is 90.3 cm³/mol. The minimum absolute atomic E-state index is 0.0661. The third-order valence-corrected chi connectivity index (χ3v) is 5.73. The number of hydrogen-bond donors (Lipinski definition) is 2. The quantitative estimate of drug-likeness (QED) is 0.713. The zero-order valence-corrected chi connectivity index (χ0v) is 14.8. The van der Waals surface area contributed by atoms with Gasteiger partial charge in [-0.25, -0.2) is 8.42 Å². The first-order valence-electron chi connectivity index (χ1n) is 7.91. The minimum atomic E-state index is -3.56. The number of carbonyl (C=O) groups is 1. The summed E-state index contributed by atoms with van der Waals surface area (Å²) in [5, 5.41) is 6.05. The molecular weight excluding hydrogens is 332 g/mol. The molecule has 1 unspecified atom stereocenters. The van der Waals surface area contributed by atoms with E-state index in [-0.39, 0.29) is 29.0 Å². The molecule has 1 aliphatic rings. The number of amides is 1. The number of nitrogens with one attached hydrogen (secondary N) is 2. The molecule has 1 atom stereocenters. The SMILES string of the molecule is COc1ccc(S(=O)(=O)CCC(=O)NCC2CCCN2)cc1OC. The van der Waals surface area contributed by atoms with Gasteiger partial charge in [0, 0.05) is 25.1 Å². The van der Waals surface area contributed by atoms with Crippen LogP contribution in [0, 0.1) is 0 Å². The predicted octanol–water partition coefficient (Wildman–Crippen LogP) is 0.736. The Balaban J connectivity index is 1.91. The van der Waals surface area contributed by atoms with Gasteiger partial charge in [0.1, 0.15) is 0 Å². The smallest absolute Gasteiger partial charge is 0.221 e. The molecule has 1 amide bonds. The average Bonchev–Trinajstić information content (AvgIpc) is 3.11. The third-order valence-electron chi connectivity index (χ3n) is 4.02. The largest absolute Gasteiger partial charge is 0.493 e. The number of sulfone groups is 1. The molecule has 0 spiro atoms. The van der Waals surface area contributed by atoms with Crippen LogP contribution in [0.1, 0.15) is 19.3 Å². The van der Waals surface area contributed by atoms with Crippen molar-refractivity contribution in [2.24, 2.45) is 0 Å². The molecule has 1 fully saturated rings. The second kappa shape index (κ2) is 8.34. The van der Waals surface area contributed by atoms with Gasteiger partial charge in [0.2, 0.25) is 5.91 Å². The zero-order chi connectivity index (χ0) is 17.6. The van der Waals surface area contributed by atoms with E-state index in [2.05, 4.69) is 10.6 Å². The maximum atomic E-state index is 12.4. The molecule has 2 rings (SSSR count). The van der Waals surface area contributed by atoms with Crippen LogP contribution in [0.25, 0.3) is 0 Å². The monoisotopic (exact) mass is 356 g/mol. The van der Waals surface area contributed by atoms with Gasteiger partial charge in [-0.2, -0.15) is 0 Å². The molecule has 1 heterocycles. The molecule has 1 aliphatic heterocycles. The first-order chi connectivity index (χ1) is 11.5. The van der Waals surface area contributed by atoms with Gasteiger partial charge in [-0.15, -0.1) is 0 Å². The van der Waals surface area contributed by atoms with E-state index < -0.39 is 9.84 Å². The Kier molecular flexibility index (Phi) is 6.44. The lowest BCUT2D eigenvalue weighted by Crippen LogP contribution is -2.37. The van der Waals surface area contributed by atoms with Gasteiger partial charge in [0.05, 0.1) is 24.9 Å². The average molecular weight is 356 g/mol. The second-order valence-corrected chi connectivity index (χ2v) is 7.79. The topological polar surface area (TPSA) is 93.7 Å². The fraction of sp³-hybridized carbons (Fsp3) is 0.562. The van der Waals surface area contributed by atoms with Crippen LogP contribution in [-0.2, 0) is 14.6 Å². The Morgan fingerprint density at radius 1 is 1.29 bits per heavy atom. The van der Waals surface area contributed by atoms with Gasteiger partial charge in [0.15, 0.2) is 21.3 Å². The van der Waals surface area contributed by atoms with Crippen molar-refractivity contribution in [1.29, 1.82) is 0 Å². The number of benzene rings is 1. The molecule has 1 aromatic carbocycles. The van der Waals surface area contributed by atoms with Crippen molar-refractivity contribution in [3.05, 3.63) is 18.2 Å². The van der Waals surface area contributed by atoms with Crippen molar-refractivity contribution < 1.29 is 22.7 Å². The van der Waals surface area contributed by atoms with E-state index in [1.165, 1.54) is 32.4 Å².